The van der Waals surface area contributed by atoms with Crippen molar-refractivity contribution >= 4 is 0 Å². The molecular formula is C30H30Li2N2. The van der Waals surface area contributed by atoms with Crippen molar-refractivity contribution in [1.29, 1.82) is 0 Å². The summed E-state index contributed by atoms with van der Waals surface area (Å²) in [4.78, 5) is 0. The van der Waals surface area contributed by atoms with E-state index < -0.39 is 0 Å². The van der Waals surface area contributed by atoms with Crippen LogP contribution in [0.1, 0.15) is 60.3 Å². The van der Waals surface area contributed by atoms with Gasteiger partial charge in [-0.3, -0.25) is 0 Å². The smallest absolute Gasteiger partial charge is 0.650 e. The average Bonchev–Trinajstić information content (AvgIpc) is 2.88. The van der Waals surface area contributed by atoms with Crippen molar-refractivity contribution in [2.75, 3.05) is 0 Å². The topological polar surface area (TPSA) is 28.2 Å². The molecular weight excluding hydrogens is 402 g/mol. The van der Waals surface area contributed by atoms with Crippen LogP contribution < -0.4 is 37.7 Å². The third-order valence-electron chi connectivity index (χ3n) is 5.91. The molecule has 0 spiro atoms. The second-order valence-electron chi connectivity index (χ2n) is 8.18. The predicted molar refractivity (Wildman–Crippen MR) is 135 cm³/mol. The maximum absolute atomic E-state index is 5.35. The van der Waals surface area contributed by atoms with Gasteiger partial charge in [0, 0.05) is 0 Å². The molecule has 2 nitrogen and oxygen atoms in total. The van der Waals surface area contributed by atoms with Crippen molar-refractivity contribution in [3.05, 3.63) is 154 Å². The number of hydrogen-bond donors (Lipinski definition) is 0. The third kappa shape index (κ3) is 7.50. The Balaban J connectivity index is 0.00000204. The molecule has 0 aromatic heterocycles. The molecule has 34 heavy (non-hydrogen) atoms. The van der Waals surface area contributed by atoms with Gasteiger partial charge < -0.3 is 10.6 Å². The fraction of sp³-hybridized carbons (Fsp3) is 0.200. The molecule has 0 aliphatic heterocycles. The monoisotopic (exact) mass is 432 g/mol. The van der Waals surface area contributed by atoms with E-state index in [1.807, 2.05) is 0 Å². The van der Waals surface area contributed by atoms with Crippen molar-refractivity contribution in [3.63, 3.8) is 0 Å². The molecule has 0 radical (unpaired) electrons. The van der Waals surface area contributed by atoms with Crippen LogP contribution >= 0.6 is 0 Å². The van der Waals surface area contributed by atoms with Crippen molar-refractivity contribution < 1.29 is 37.7 Å². The van der Waals surface area contributed by atoms with Gasteiger partial charge in [0.25, 0.3) is 0 Å². The minimum Gasteiger partial charge on any atom is -0.650 e. The van der Waals surface area contributed by atoms with E-state index in [0.29, 0.717) is 0 Å². The van der Waals surface area contributed by atoms with E-state index in [1.54, 1.807) is 0 Å². The molecule has 4 aromatic rings. The molecule has 4 atom stereocenters. The zero-order valence-corrected chi connectivity index (χ0v) is 20.8. The normalized spacial score (nSPS) is 14.1. The van der Waals surface area contributed by atoms with Crippen molar-refractivity contribution in [2.24, 2.45) is 0 Å². The number of benzene rings is 4. The maximum Gasteiger partial charge on any atom is 1.00 e. The molecule has 0 amide bonds. The van der Waals surface area contributed by atoms with Crippen LogP contribution in [-0.4, -0.2) is 0 Å². The summed E-state index contributed by atoms with van der Waals surface area (Å²) in [5.74, 6) is 0. The predicted octanol–water partition coefficient (Wildman–Crippen LogP) is 2.75. The molecule has 4 rings (SSSR count). The summed E-state index contributed by atoms with van der Waals surface area (Å²) in [6.07, 6.45) is 0. The van der Waals surface area contributed by atoms with Gasteiger partial charge in [0.1, 0.15) is 0 Å². The van der Waals surface area contributed by atoms with E-state index in [2.05, 4.69) is 135 Å². The van der Waals surface area contributed by atoms with E-state index in [-0.39, 0.29) is 61.9 Å². The SMILES string of the molecule is C[C@H]([N-][C@@H](c1ccccc1)[C@@H]([N-][C@@H](C)c1ccccc1)c1ccccc1)c1ccccc1.[Li+].[Li+]. The van der Waals surface area contributed by atoms with E-state index in [0.717, 1.165) is 0 Å². The van der Waals surface area contributed by atoms with Crippen LogP contribution in [0.15, 0.2) is 121 Å². The quantitative estimate of drug-likeness (QED) is 0.364. The Labute approximate surface area is 228 Å². The second-order valence-corrected chi connectivity index (χ2v) is 8.18. The summed E-state index contributed by atoms with van der Waals surface area (Å²) < 4.78 is 0. The molecule has 0 fully saturated rings. The van der Waals surface area contributed by atoms with Gasteiger partial charge >= 0.3 is 37.7 Å². The Kier molecular flexibility index (Phi) is 12.0. The standard InChI is InChI=1S/C30H30N2.2Li/c1-23(25-15-7-3-8-16-25)31-29(27-19-11-5-12-20-27)30(28-21-13-6-14-22-28)32-24(2)26-17-9-4-10-18-26;;/h3-24,29-30H,1-2H3;;/q-2;2*+1/t23-,24-,29-,30-;;/m0../s1. The number of rotatable bonds is 9. The van der Waals surface area contributed by atoms with Gasteiger partial charge in [-0.15, -0.1) is 24.2 Å². The Morgan fingerprint density at radius 1 is 0.382 bits per heavy atom. The average molecular weight is 432 g/mol. The summed E-state index contributed by atoms with van der Waals surface area (Å²) in [6, 6.07) is 42.1. The van der Waals surface area contributed by atoms with Crippen molar-refractivity contribution in [1.82, 2.24) is 0 Å². The van der Waals surface area contributed by atoms with Gasteiger partial charge in [-0.2, -0.15) is 0 Å². The molecule has 0 unspecified atom stereocenters. The molecule has 0 saturated carbocycles. The summed E-state index contributed by atoms with van der Waals surface area (Å²) >= 11 is 0. The van der Waals surface area contributed by atoms with E-state index in [9.17, 15) is 0 Å². The Morgan fingerprint density at radius 2 is 0.618 bits per heavy atom. The molecule has 0 bridgehead atoms. The summed E-state index contributed by atoms with van der Waals surface area (Å²) in [6.45, 7) is 4.35. The first kappa shape index (κ1) is 28.2. The summed E-state index contributed by atoms with van der Waals surface area (Å²) in [5.41, 5.74) is 4.81. The van der Waals surface area contributed by atoms with Crippen LogP contribution in [0, 0.1) is 0 Å². The first-order chi connectivity index (χ1) is 15.7. The fourth-order valence-electron chi connectivity index (χ4n) is 4.12. The first-order valence-corrected chi connectivity index (χ1v) is 11.3. The van der Waals surface area contributed by atoms with Crippen LogP contribution in [0.5, 0.6) is 0 Å². The summed E-state index contributed by atoms with van der Waals surface area (Å²) in [7, 11) is 0. The zero-order chi connectivity index (χ0) is 22.2. The Hall–Kier alpha value is -2.01. The van der Waals surface area contributed by atoms with Gasteiger partial charge in [-0.1, -0.05) is 157 Å². The number of nitrogens with zero attached hydrogens (tertiary/aromatic N) is 2. The molecule has 4 aromatic carbocycles. The van der Waals surface area contributed by atoms with Gasteiger partial charge in [-0.05, 0) is 0 Å². The molecule has 0 N–H and O–H groups in total. The van der Waals surface area contributed by atoms with Crippen LogP contribution in [0.4, 0.5) is 0 Å². The Bertz CT molecular complexity index is 971. The van der Waals surface area contributed by atoms with Crippen molar-refractivity contribution in [3.8, 4) is 0 Å². The van der Waals surface area contributed by atoms with Crippen LogP contribution in [0.25, 0.3) is 10.6 Å². The molecule has 4 heteroatoms. The van der Waals surface area contributed by atoms with Crippen molar-refractivity contribution in [2.45, 2.75) is 38.0 Å². The molecule has 162 valence electrons. The van der Waals surface area contributed by atoms with E-state index in [1.165, 1.54) is 22.3 Å². The molecule has 0 aliphatic rings. The largest absolute Gasteiger partial charge is 1.00 e. The minimum atomic E-state index is -0.0834. The van der Waals surface area contributed by atoms with Gasteiger partial charge in [0.05, 0.1) is 0 Å². The van der Waals surface area contributed by atoms with Gasteiger partial charge in [0.15, 0.2) is 0 Å². The second kappa shape index (κ2) is 14.4. The molecule has 0 heterocycles. The zero-order valence-electron chi connectivity index (χ0n) is 20.8. The van der Waals surface area contributed by atoms with Gasteiger partial charge in [-0.25, -0.2) is 0 Å². The Morgan fingerprint density at radius 3 is 0.882 bits per heavy atom. The van der Waals surface area contributed by atoms with Gasteiger partial charge in [0.2, 0.25) is 0 Å². The van der Waals surface area contributed by atoms with E-state index >= 15 is 0 Å². The molecule has 0 aliphatic carbocycles. The maximum atomic E-state index is 5.35. The summed E-state index contributed by atoms with van der Waals surface area (Å²) in [5, 5.41) is 10.7. The minimum absolute atomic E-state index is 0. The molecule has 0 saturated heterocycles. The van der Waals surface area contributed by atoms with Crippen LogP contribution in [-0.2, 0) is 0 Å². The fourth-order valence-corrected chi connectivity index (χ4v) is 4.12. The van der Waals surface area contributed by atoms with E-state index in [4.69, 9.17) is 10.6 Å². The first-order valence-electron chi connectivity index (χ1n) is 11.3. The van der Waals surface area contributed by atoms with Crippen LogP contribution in [0.2, 0.25) is 0 Å². The third-order valence-corrected chi connectivity index (χ3v) is 5.91. The number of hydrogen-bond acceptors (Lipinski definition) is 0. The van der Waals surface area contributed by atoms with Crippen LogP contribution in [0.3, 0.4) is 0 Å².